The zero-order chi connectivity index (χ0) is 29.9. The molecular formula is C35H32N4O4. The topological polar surface area (TPSA) is 111 Å². The van der Waals surface area contributed by atoms with Gasteiger partial charge in [0.15, 0.2) is 0 Å². The van der Waals surface area contributed by atoms with Crippen LogP contribution in [0, 0.1) is 0 Å². The summed E-state index contributed by atoms with van der Waals surface area (Å²) >= 11 is 0. The summed E-state index contributed by atoms with van der Waals surface area (Å²) in [5.74, 6) is -0.407. The van der Waals surface area contributed by atoms with Crippen LogP contribution in [-0.2, 0) is 16.0 Å². The first-order valence-electron chi connectivity index (χ1n) is 14.1. The zero-order valence-corrected chi connectivity index (χ0v) is 23.5. The van der Waals surface area contributed by atoms with Gasteiger partial charge in [0.1, 0.15) is 5.82 Å². The molecule has 0 spiro atoms. The van der Waals surface area contributed by atoms with Crippen LogP contribution in [0.2, 0.25) is 0 Å². The van der Waals surface area contributed by atoms with Crippen LogP contribution in [0.5, 0.6) is 0 Å². The fraction of sp³-hybridized carbons (Fsp3) is 0.171. The molecule has 0 saturated carbocycles. The third-order valence-electron chi connectivity index (χ3n) is 8.05. The lowest BCUT2D eigenvalue weighted by atomic mass is 9.74. The Balaban J connectivity index is 1.67. The Kier molecular flexibility index (Phi) is 7.73. The zero-order valence-electron chi connectivity index (χ0n) is 23.5. The Morgan fingerprint density at radius 1 is 0.837 bits per heavy atom. The second-order valence-corrected chi connectivity index (χ2v) is 10.6. The Labute approximate surface area is 249 Å². The SMILES string of the molecule is Nc1ccn(C2(C(=O)c3ccccc3)CN(C(c3ccccc3)(c3ccccc3)c3ccccc3)CC(CO)O2)c(=O)n1. The number of anilines is 1. The predicted molar refractivity (Wildman–Crippen MR) is 164 cm³/mol. The Hall–Kier alpha value is -4.89. The van der Waals surface area contributed by atoms with Crippen molar-refractivity contribution in [2.24, 2.45) is 0 Å². The monoisotopic (exact) mass is 572 g/mol. The van der Waals surface area contributed by atoms with Crippen molar-refractivity contribution in [3.05, 3.63) is 166 Å². The van der Waals surface area contributed by atoms with E-state index in [9.17, 15) is 14.7 Å². The van der Waals surface area contributed by atoms with Crippen LogP contribution in [0.3, 0.4) is 0 Å². The summed E-state index contributed by atoms with van der Waals surface area (Å²) < 4.78 is 7.73. The first-order valence-corrected chi connectivity index (χ1v) is 14.1. The number of rotatable bonds is 8. The summed E-state index contributed by atoms with van der Waals surface area (Å²) in [4.78, 5) is 34.2. The molecule has 3 N–H and O–H groups in total. The van der Waals surface area contributed by atoms with Gasteiger partial charge in [-0.25, -0.2) is 4.79 Å². The second-order valence-electron chi connectivity index (χ2n) is 10.6. The summed E-state index contributed by atoms with van der Waals surface area (Å²) in [5.41, 5.74) is 5.54. The number of nitrogens with two attached hydrogens (primary N) is 1. The van der Waals surface area contributed by atoms with Gasteiger partial charge < -0.3 is 15.6 Å². The average Bonchev–Trinajstić information content (AvgIpc) is 3.06. The van der Waals surface area contributed by atoms with Gasteiger partial charge in [-0.2, -0.15) is 4.98 Å². The first kappa shape index (κ1) is 28.2. The highest BCUT2D eigenvalue weighted by atomic mass is 16.5. The summed E-state index contributed by atoms with van der Waals surface area (Å²) in [6.45, 7) is -0.163. The molecule has 0 amide bonds. The number of hydrogen-bond donors (Lipinski definition) is 2. The molecule has 2 unspecified atom stereocenters. The average molecular weight is 573 g/mol. The number of aliphatic hydroxyl groups excluding tert-OH is 1. The molecule has 1 saturated heterocycles. The van der Waals surface area contributed by atoms with Crippen molar-refractivity contribution in [3.63, 3.8) is 0 Å². The molecule has 8 nitrogen and oxygen atoms in total. The van der Waals surface area contributed by atoms with Crippen LogP contribution in [0.15, 0.2) is 138 Å². The standard InChI is InChI=1S/C35H32N4O4/c36-31-21-22-39(33(42)37-31)34(32(41)26-13-5-1-6-14-26)25-38(23-30(24-40)43-34)35(27-15-7-2-8-16-27,28-17-9-3-10-18-28)29-19-11-4-12-20-29/h1-22,30,40H,23-25H2,(H2,36,37,42). The maximum Gasteiger partial charge on any atom is 0.352 e. The minimum Gasteiger partial charge on any atom is -0.394 e. The van der Waals surface area contributed by atoms with Gasteiger partial charge in [-0.1, -0.05) is 121 Å². The van der Waals surface area contributed by atoms with Gasteiger partial charge in [0.25, 0.3) is 0 Å². The van der Waals surface area contributed by atoms with Gasteiger partial charge in [0.05, 0.1) is 24.8 Å². The highest BCUT2D eigenvalue weighted by Crippen LogP contribution is 2.46. The summed E-state index contributed by atoms with van der Waals surface area (Å²) in [7, 11) is 0. The van der Waals surface area contributed by atoms with Crippen LogP contribution >= 0.6 is 0 Å². The van der Waals surface area contributed by atoms with E-state index in [1.54, 1.807) is 24.3 Å². The van der Waals surface area contributed by atoms with Crippen LogP contribution in [-0.4, -0.2) is 51.1 Å². The molecule has 216 valence electrons. The third-order valence-corrected chi connectivity index (χ3v) is 8.05. The number of carbonyl (C=O) groups is 1. The van der Waals surface area contributed by atoms with Crippen LogP contribution in [0.4, 0.5) is 5.82 Å². The van der Waals surface area contributed by atoms with E-state index in [0.29, 0.717) is 5.56 Å². The summed E-state index contributed by atoms with van der Waals surface area (Å²) in [6, 6.07) is 40.3. The van der Waals surface area contributed by atoms with Gasteiger partial charge in [0, 0.05) is 18.3 Å². The number of nitrogen functional groups attached to an aromatic ring is 1. The van der Waals surface area contributed by atoms with Crippen molar-refractivity contribution in [1.82, 2.24) is 14.5 Å². The minimum atomic E-state index is -1.88. The van der Waals surface area contributed by atoms with Gasteiger partial charge in [-0.05, 0) is 22.8 Å². The van der Waals surface area contributed by atoms with Crippen molar-refractivity contribution in [2.45, 2.75) is 17.4 Å². The molecule has 5 aromatic rings. The van der Waals surface area contributed by atoms with E-state index in [4.69, 9.17) is 10.5 Å². The van der Waals surface area contributed by atoms with Crippen LogP contribution in [0.1, 0.15) is 27.0 Å². The number of Topliss-reactive ketones (excluding diaryl/α,β-unsaturated/α-hetero) is 1. The number of aromatic nitrogens is 2. The lowest BCUT2D eigenvalue weighted by Crippen LogP contribution is -2.67. The third kappa shape index (κ3) is 4.95. The molecule has 1 aromatic heterocycles. The van der Waals surface area contributed by atoms with Crippen molar-refractivity contribution in [3.8, 4) is 0 Å². The Morgan fingerprint density at radius 2 is 1.33 bits per heavy atom. The maximum absolute atomic E-state index is 14.7. The van der Waals surface area contributed by atoms with Crippen molar-refractivity contribution < 1.29 is 14.6 Å². The van der Waals surface area contributed by atoms with E-state index in [2.05, 4.69) is 46.3 Å². The number of nitrogens with zero attached hydrogens (tertiary/aromatic N) is 3. The molecule has 1 aliphatic rings. The number of benzene rings is 4. The number of carbonyl (C=O) groups excluding carboxylic acids is 1. The second kappa shape index (κ2) is 11.8. The van der Waals surface area contributed by atoms with Gasteiger partial charge >= 0.3 is 5.69 Å². The fourth-order valence-electron chi connectivity index (χ4n) is 6.23. The Bertz CT molecular complexity index is 1650. The normalized spacial score (nSPS) is 19.1. The van der Waals surface area contributed by atoms with E-state index in [1.165, 1.54) is 16.8 Å². The molecule has 2 atom stereocenters. The minimum absolute atomic E-state index is 0.0298. The van der Waals surface area contributed by atoms with Crippen molar-refractivity contribution in [1.29, 1.82) is 0 Å². The van der Waals surface area contributed by atoms with Gasteiger partial charge in [-0.15, -0.1) is 0 Å². The molecule has 1 fully saturated rings. The van der Waals surface area contributed by atoms with E-state index in [-0.39, 0.29) is 25.5 Å². The molecule has 4 aromatic carbocycles. The number of ether oxygens (including phenoxy) is 1. The molecule has 43 heavy (non-hydrogen) atoms. The van der Waals surface area contributed by atoms with Crippen molar-refractivity contribution >= 4 is 11.6 Å². The molecule has 0 radical (unpaired) electrons. The number of aliphatic hydroxyl groups is 1. The van der Waals surface area contributed by atoms with Gasteiger partial charge in [-0.3, -0.25) is 14.3 Å². The van der Waals surface area contributed by atoms with Crippen LogP contribution in [0.25, 0.3) is 0 Å². The first-order chi connectivity index (χ1) is 21.0. The summed E-state index contributed by atoms with van der Waals surface area (Å²) in [6.07, 6.45) is 0.611. The molecule has 0 bridgehead atoms. The summed E-state index contributed by atoms with van der Waals surface area (Å²) in [5, 5.41) is 10.6. The molecular weight excluding hydrogens is 540 g/mol. The number of hydrogen-bond acceptors (Lipinski definition) is 7. The van der Waals surface area contributed by atoms with E-state index in [0.717, 1.165) is 16.7 Å². The van der Waals surface area contributed by atoms with E-state index >= 15 is 0 Å². The lowest BCUT2D eigenvalue weighted by Gasteiger charge is -2.53. The molecule has 6 rings (SSSR count). The highest BCUT2D eigenvalue weighted by molar-refractivity contribution is 6.01. The van der Waals surface area contributed by atoms with Crippen LogP contribution < -0.4 is 11.4 Å². The van der Waals surface area contributed by atoms with Gasteiger partial charge in [0.2, 0.25) is 11.5 Å². The molecule has 1 aliphatic heterocycles. The number of morpholine rings is 1. The van der Waals surface area contributed by atoms with Crippen molar-refractivity contribution in [2.75, 3.05) is 25.4 Å². The quantitative estimate of drug-likeness (QED) is 0.213. The van der Waals surface area contributed by atoms with E-state index in [1.807, 2.05) is 60.7 Å². The highest BCUT2D eigenvalue weighted by Gasteiger charge is 2.55. The molecule has 8 heteroatoms. The molecule has 2 heterocycles. The molecule has 0 aliphatic carbocycles. The predicted octanol–water partition coefficient (Wildman–Crippen LogP) is 4.05. The fourth-order valence-corrected chi connectivity index (χ4v) is 6.23. The number of ketones is 1. The van der Waals surface area contributed by atoms with E-state index < -0.39 is 28.8 Å². The lowest BCUT2D eigenvalue weighted by molar-refractivity contribution is -0.195. The smallest absolute Gasteiger partial charge is 0.352 e. The maximum atomic E-state index is 14.7. The largest absolute Gasteiger partial charge is 0.394 e. The Morgan fingerprint density at radius 3 is 1.79 bits per heavy atom.